The lowest BCUT2D eigenvalue weighted by molar-refractivity contribution is 0.415. The number of hydrogen-bond acceptors (Lipinski definition) is 2. The van der Waals surface area contributed by atoms with Crippen molar-refractivity contribution >= 4 is 0 Å². The number of unbranched alkanes of at least 4 members (excludes halogenated alkanes) is 4. The third-order valence-corrected chi connectivity index (χ3v) is 3.02. The van der Waals surface area contributed by atoms with E-state index in [0.717, 1.165) is 6.04 Å². The summed E-state index contributed by atoms with van der Waals surface area (Å²) in [5.41, 5.74) is 0.286. The van der Waals surface area contributed by atoms with Gasteiger partial charge in [-0.15, -0.1) is 0 Å². The highest BCUT2D eigenvalue weighted by molar-refractivity contribution is 4.80. The van der Waals surface area contributed by atoms with E-state index < -0.39 is 0 Å². The lowest BCUT2D eigenvalue weighted by atomic mass is 10.1. The Balaban J connectivity index is 1.70. The molecule has 0 spiro atoms. The Kier molecular flexibility index (Phi) is 6.37. The topological polar surface area (TPSA) is 24.1 Å². The Morgan fingerprint density at radius 1 is 0.875 bits per heavy atom. The molecule has 0 heterocycles. The second-order valence-corrected chi connectivity index (χ2v) is 6.17. The summed E-state index contributed by atoms with van der Waals surface area (Å²) < 4.78 is 0. The maximum atomic E-state index is 3.57. The Morgan fingerprint density at radius 2 is 1.44 bits per heavy atom. The molecule has 1 saturated carbocycles. The summed E-state index contributed by atoms with van der Waals surface area (Å²) in [4.78, 5) is 0. The molecule has 0 amide bonds. The van der Waals surface area contributed by atoms with Crippen LogP contribution in [0.3, 0.4) is 0 Å². The molecule has 0 atom stereocenters. The summed E-state index contributed by atoms with van der Waals surface area (Å²) in [5.74, 6) is 0. The largest absolute Gasteiger partial charge is 0.314 e. The predicted octanol–water partition coefficient (Wildman–Crippen LogP) is 3.08. The zero-order valence-electron chi connectivity index (χ0n) is 11.4. The van der Waals surface area contributed by atoms with Gasteiger partial charge in [0.05, 0.1) is 0 Å². The van der Waals surface area contributed by atoms with Crippen LogP contribution in [0.15, 0.2) is 0 Å². The minimum atomic E-state index is 0.286. The molecule has 0 aromatic rings. The fourth-order valence-corrected chi connectivity index (χ4v) is 1.84. The van der Waals surface area contributed by atoms with E-state index in [0.29, 0.717) is 0 Å². The Labute approximate surface area is 102 Å². The van der Waals surface area contributed by atoms with Gasteiger partial charge in [0.25, 0.3) is 0 Å². The quantitative estimate of drug-likeness (QED) is 0.590. The van der Waals surface area contributed by atoms with Crippen molar-refractivity contribution in [2.75, 3.05) is 13.1 Å². The number of nitrogens with one attached hydrogen (secondary N) is 2. The third kappa shape index (κ3) is 9.17. The molecule has 1 rings (SSSR count). The molecule has 1 aliphatic carbocycles. The van der Waals surface area contributed by atoms with Crippen molar-refractivity contribution in [2.45, 2.75) is 77.3 Å². The minimum absolute atomic E-state index is 0.286. The van der Waals surface area contributed by atoms with Crippen molar-refractivity contribution in [2.24, 2.45) is 0 Å². The molecular weight excluding hydrogens is 196 g/mol. The minimum Gasteiger partial charge on any atom is -0.314 e. The lowest BCUT2D eigenvalue weighted by Gasteiger charge is -2.20. The summed E-state index contributed by atoms with van der Waals surface area (Å²) in [7, 11) is 0. The van der Waals surface area contributed by atoms with E-state index >= 15 is 0 Å². The first-order valence-electron chi connectivity index (χ1n) is 7.06. The fraction of sp³-hybridized carbons (Fsp3) is 1.00. The molecular formula is C14H30N2. The van der Waals surface area contributed by atoms with Gasteiger partial charge in [-0.25, -0.2) is 0 Å². The zero-order chi connectivity index (χ0) is 11.9. The molecule has 0 unspecified atom stereocenters. The van der Waals surface area contributed by atoms with E-state index in [2.05, 4.69) is 31.4 Å². The van der Waals surface area contributed by atoms with Crippen molar-refractivity contribution in [3.63, 3.8) is 0 Å². The summed E-state index contributed by atoms with van der Waals surface area (Å²) >= 11 is 0. The highest BCUT2D eigenvalue weighted by Crippen LogP contribution is 2.18. The molecule has 0 aromatic carbocycles. The molecule has 16 heavy (non-hydrogen) atoms. The molecule has 0 aromatic heterocycles. The van der Waals surface area contributed by atoms with E-state index in [9.17, 15) is 0 Å². The molecule has 1 aliphatic rings. The second kappa shape index (κ2) is 7.29. The molecule has 2 N–H and O–H groups in total. The molecule has 96 valence electrons. The van der Waals surface area contributed by atoms with Gasteiger partial charge in [-0.1, -0.05) is 19.3 Å². The summed E-state index contributed by atoms with van der Waals surface area (Å²) in [6.45, 7) is 9.11. The molecule has 1 fully saturated rings. The standard InChI is InChI=1S/C14H30N2/c1-14(2,3)16-12-8-6-4-5-7-11-15-13-9-10-13/h13,15-16H,4-12H2,1-3H3. The molecule has 0 radical (unpaired) electrons. The van der Waals surface area contributed by atoms with E-state index in [-0.39, 0.29) is 5.54 Å². The molecule has 0 aliphatic heterocycles. The van der Waals surface area contributed by atoms with Gasteiger partial charge in [0.2, 0.25) is 0 Å². The van der Waals surface area contributed by atoms with E-state index in [1.54, 1.807) is 0 Å². The van der Waals surface area contributed by atoms with Crippen molar-refractivity contribution in [1.82, 2.24) is 10.6 Å². The molecule has 0 saturated heterocycles. The van der Waals surface area contributed by atoms with Gasteiger partial charge in [0.15, 0.2) is 0 Å². The van der Waals surface area contributed by atoms with Crippen molar-refractivity contribution in [1.29, 1.82) is 0 Å². The first kappa shape index (κ1) is 14.0. The number of hydrogen-bond donors (Lipinski definition) is 2. The van der Waals surface area contributed by atoms with Gasteiger partial charge < -0.3 is 10.6 Å². The van der Waals surface area contributed by atoms with Gasteiger partial charge >= 0.3 is 0 Å². The fourth-order valence-electron chi connectivity index (χ4n) is 1.84. The van der Waals surface area contributed by atoms with Gasteiger partial charge in [-0.05, 0) is 59.5 Å². The smallest absolute Gasteiger partial charge is 0.00965 e. The monoisotopic (exact) mass is 226 g/mol. The highest BCUT2D eigenvalue weighted by Gasteiger charge is 2.19. The Bertz CT molecular complexity index is 168. The van der Waals surface area contributed by atoms with Crippen LogP contribution in [0, 0.1) is 0 Å². The van der Waals surface area contributed by atoms with Crippen LogP contribution < -0.4 is 10.6 Å². The van der Waals surface area contributed by atoms with Gasteiger partial charge in [0, 0.05) is 11.6 Å². The highest BCUT2D eigenvalue weighted by atomic mass is 14.9. The van der Waals surface area contributed by atoms with Crippen molar-refractivity contribution < 1.29 is 0 Å². The normalized spacial score (nSPS) is 16.7. The van der Waals surface area contributed by atoms with Crippen LogP contribution >= 0.6 is 0 Å². The summed E-state index contributed by atoms with van der Waals surface area (Å²) in [5, 5.41) is 7.10. The summed E-state index contributed by atoms with van der Waals surface area (Å²) in [6.07, 6.45) is 9.70. The first-order valence-corrected chi connectivity index (χ1v) is 7.06. The Morgan fingerprint density at radius 3 is 2.00 bits per heavy atom. The van der Waals surface area contributed by atoms with Crippen LogP contribution in [-0.2, 0) is 0 Å². The van der Waals surface area contributed by atoms with E-state index in [1.807, 2.05) is 0 Å². The molecule has 2 nitrogen and oxygen atoms in total. The van der Waals surface area contributed by atoms with Crippen LogP contribution in [0.25, 0.3) is 0 Å². The van der Waals surface area contributed by atoms with Crippen LogP contribution in [0.5, 0.6) is 0 Å². The maximum Gasteiger partial charge on any atom is 0.00965 e. The van der Waals surface area contributed by atoms with Crippen LogP contribution in [0.4, 0.5) is 0 Å². The first-order chi connectivity index (χ1) is 7.58. The van der Waals surface area contributed by atoms with Gasteiger partial charge in [-0.2, -0.15) is 0 Å². The van der Waals surface area contributed by atoms with Crippen LogP contribution in [0.2, 0.25) is 0 Å². The average Bonchev–Trinajstić information content (AvgIpc) is 2.97. The second-order valence-electron chi connectivity index (χ2n) is 6.17. The zero-order valence-corrected chi connectivity index (χ0v) is 11.4. The van der Waals surface area contributed by atoms with Gasteiger partial charge in [-0.3, -0.25) is 0 Å². The summed E-state index contributed by atoms with van der Waals surface area (Å²) in [6, 6.07) is 0.885. The SMILES string of the molecule is CC(C)(C)NCCCCCCCNC1CC1. The van der Waals surface area contributed by atoms with Crippen molar-refractivity contribution in [3.8, 4) is 0 Å². The predicted molar refractivity (Wildman–Crippen MR) is 71.9 cm³/mol. The van der Waals surface area contributed by atoms with Crippen molar-refractivity contribution in [3.05, 3.63) is 0 Å². The third-order valence-electron chi connectivity index (χ3n) is 3.02. The molecule has 2 heteroatoms. The van der Waals surface area contributed by atoms with E-state index in [4.69, 9.17) is 0 Å². The number of rotatable bonds is 9. The van der Waals surface area contributed by atoms with Crippen LogP contribution in [0.1, 0.15) is 65.7 Å². The van der Waals surface area contributed by atoms with E-state index in [1.165, 1.54) is 58.0 Å². The molecule has 0 bridgehead atoms. The Hall–Kier alpha value is -0.0800. The van der Waals surface area contributed by atoms with Crippen LogP contribution in [-0.4, -0.2) is 24.7 Å². The lowest BCUT2D eigenvalue weighted by Crippen LogP contribution is -2.36. The van der Waals surface area contributed by atoms with Gasteiger partial charge in [0.1, 0.15) is 0 Å². The maximum absolute atomic E-state index is 3.57. The average molecular weight is 226 g/mol.